The van der Waals surface area contributed by atoms with E-state index in [0.717, 1.165) is 15.4 Å². The molecule has 28 heavy (non-hydrogen) atoms. The summed E-state index contributed by atoms with van der Waals surface area (Å²) in [5.41, 5.74) is 1.15. The largest absolute Gasteiger partial charge is 0.502 e. The third-order valence-electron chi connectivity index (χ3n) is 3.90. The van der Waals surface area contributed by atoms with Gasteiger partial charge in [0.15, 0.2) is 5.75 Å². The number of anilines is 1. The van der Waals surface area contributed by atoms with Crippen molar-refractivity contribution >= 4 is 28.8 Å². The minimum Gasteiger partial charge on any atom is -0.502 e. The van der Waals surface area contributed by atoms with Crippen LogP contribution in [0.4, 0.5) is 17.1 Å². The van der Waals surface area contributed by atoms with Crippen LogP contribution in [0.1, 0.15) is 5.56 Å². The number of benzene rings is 3. The number of rotatable bonds is 7. The van der Waals surface area contributed by atoms with E-state index >= 15 is 0 Å². The number of hydrogen-bond donors (Lipinski definition) is 2. The lowest BCUT2D eigenvalue weighted by Crippen LogP contribution is -2.01. The van der Waals surface area contributed by atoms with Gasteiger partial charge in [0.1, 0.15) is 0 Å². The summed E-state index contributed by atoms with van der Waals surface area (Å²) in [6.07, 6.45) is 0. The Hall–Kier alpha value is -3.59. The van der Waals surface area contributed by atoms with Crippen LogP contribution in [0.2, 0.25) is 0 Å². The third kappa shape index (κ3) is 4.57. The van der Waals surface area contributed by atoms with E-state index in [1.807, 2.05) is 24.3 Å². The maximum absolute atomic E-state index is 10.9. The number of nitro groups is 2. The van der Waals surface area contributed by atoms with Gasteiger partial charge in [-0.05, 0) is 35.9 Å². The summed E-state index contributed by atoms with van der Waals surface area (Å²) in [5.74, 6) is -0.385. The van der Waals surface area contributed by atoms with Gasteiger partial charge in [-0.15, -0.1) is 0 Å². The average molecular weight is 397 g/mol. The lowest BCUT2D eigenvalue weighted by atomic mass is 10.2. The molecule has 8 nitrogen and oxygen atoms in total. The summed E-state index contributed by atoms with van der Waals surface area (Å²) in [6, 6.07) is 18.1. The molecule has 0 aliphatic carbocycles. The van der Waals surface area contributed by atoms with Crippen LogP contribution in [-0.2, 0) is 6.54 Å². The number of phenols is 1. The monoisotopic (exact) mass is 397 g/mol. The third-order valence-corrected chi connectivity index (χ3v) is 5.03. The molecular formula is C19H15N3O5S. The summed E-state index contributed by atoms with van der Waals surface area (Å²) in [4.78, 5) is 22.4. The van der Waals surface area contributed by atoms with Crippen molar-refractivity contribution in [3.8, 4) is 5.75 Å². The quantitative estimate of drug-likeness (QED) is 0.328. The van der Waals surface area contributed by atoms with E-state index in [1.165, 1.54) is 36.0 Å². The predicted molar refractivity (Wildman–Crippen MR) is 106 cm³/mol. The van der Waals surface area contributed by atoms with Crippen molar-refractivity contribution in [2.45, 2.75) is 16.3 Å². The Morgan fingerprint density at radius 2 is 1.64 bits per heavy atom. The van der Waals surface area contributed by atoms with Crippen molar-refractivity contribution in [1.82, 2.24) is 0 Å². The lowest BCUT2D eigenvalue weighted by molar-refractivity contribution is -0.385. The molecule has 0 atom stereocenters. The second-order valence-corrected chi connectivity index (χ2v) is 6.89. The van der Waals surface area contributed by atoms with Gasteiger partial charge >= 0.3 is 5.69 Å². The van der Waals surface area contributed by atoms with E-state index < -0.39 is 9.85 Å². The zero-order valence-corrected chi connectivity index (χ0v) is 15.3. The molecule has 0 amide bonds. The Bertz CT molecular complexity index is 1020. The summed E-state index contributed by atoms with van der Waals surface area (Å²) < 4.78 is 0. The molecule has 0 fully saturated rings. The van der Waals surface area contributed by atoms with Crippen LogP contribution in [0.3, 0.4) is 0 Å². The minimum absolute atomic E-state index is 0.0354. The van der Waals surface area contributed by atoms with E-state index in [1.54, 1.807) is 18.2 Å². The smallest absolute Gasteiger partial charge is 0.312 e. The Morgan fingerprint density at radius 3 is 2.32 bits per heavy atom. The van der Waals surface area contributed by atoms with Gasteiger partial charge in [0.05, 0.1) is 9.85 Å². The highest BCUT2D eigenvalue weighted by Gasteiger charge is 2.14. The van der Waals surface area contributed by atoms with Gasteiger partial charge in [-0.2, -0.15) is 0 Å². The summed E-state index contributed by atoms with van der Waals surface area (Å²) in [6.45, 7) is 0.415. The number of phenolic OH excluding ortho intramolecular Hbond substituents is 1. The van der Waals surface area contributed by atoms with Gasteiger partial charge in [0, 0.05) is 40.2 Å². The number of nitro benzene ring substituents is 2. The number of hydrogen-bond acceptors (Lipinski definition) is 7. The fourth-order valence-electron chi connectivity index (χ4n) is 2.49. The van der Waals surface area contributed by atoms with Crippen molar-refractivity contribution < 1.29 is 15.0 Å². The Kier molecular flexibility index (Phi) is 5.75. The molecule has 0 aliphatic rings. The highest BCUT2D eigenvalue weighted by Crippen LogP contribution is 2.33. The van der Waals surface area contributed by atoms with E-state index in [2.05, 4.69) is 5.32 Å². The van der Waals surface area contributed by atoms with Crippen molar-refractivity contribution in [1.29, 1.82) is 0 Å². The number of nitrogens with zero attached hydrogens (tertiary/aromatic N) is 2. The van der Waals surface area contributed by atoms with Crippen LogP contribution in [0.5, 0.6) is 5.75 Å². The van der Waals surface area contributed by atoms with Gasteiger partial charge in [-0.1, -0.05) is 30.0 Å². The molecule has 2 N–H and O–H groups in total. The first kappa shape index (κ1) is 19.2. The molecule has 0 unspecified atom stereocenters. The van der Waals surface area contributed by atoms with Gasteiger partial charge in [-0.25, -0.2) is 0 Å². The van der Waals surface area contributed by atoms with E-state index in [-0.39, 0.29) is 17.1 Å². The lowest BCUT2D eigenvalue weighted by Gasteiger charge is -2.11. The van der Waals surface area contributed by atoms with Crippen LogP contribution in [0.15, 0.2) is 76.5 Å². The molecule has 3 aromatic rings. The number of nitrogens with one attached hydrogen (secondary N) is 1. The zero-order valence-electron chi connectivity index (χ0n) is 14.4. The van der Waals surface area contributed by atoms with Crippen molar-refractivity contribution in [3.05, 3.63) is 92.5 Å². The standard InChI is InChI=1S/C19H15N3O5S/c23-18-10-5-14(11-17(18)22(26)27)20-12-13-3-1-2-4-19(13)28-16-8-6-15(7-9-16)21(24)25/h1-11,20,23H,12H2. The zero-order chi connectivity index (χ0) is 20.1. The van der Waals surface area contributed by atoms with Crippen LogP contribution in [0, 0.1) is 20.2 Å². The summed E-state index contributed by atoms with van der Waals surface area (Å²) in [5, 5.41) is 34.4. The van der Waals surface area contributed by atoms with Gasteiger partial charge in [-0.3, -0.25) is 20.2 Å². The fraction of sp³-hybridized carbons (Fsp3) is 0.0526. The fourth-order valence-corrected chi connectivity index (χ4v) is 3.43. The molecular weight excluding hydrogens is 382 g/mol. The first-order valence-corrected chi connectivity index (χ1v) is 8.97. The maximum Gasteiger partial charge on any atom is 0.312 e. The van der Waals surface area contributed by atoms with Crippen LogP contribution >= 0.6 is 11.8 Å². The molecule has 0 saturated carbocycles. The predicted octanol–water partition coefficient (Wildman–Crippen LogP) is 4.97. The average Bonchev–Trinajstić information content (AvgIpc) is 2.68. The van der Waals surface area contributed by atoms with Crippen LogP contribution in [0.25, 0.3) is 0 Å². The molecule has 0 spiro atoms. The highest BCUT2D eigenvalue weighted by atomic mass is 32.2. The number of aromatic hydroxyl groups is 1. The summed E-state index contributed by atoms with van der Waals surface area (Å²) in [7, 11) is 0. The summed E-state index contributed by atoms with van der Waals surface area (Å²) >= 11 is 1.47. The first-order chi connectivity index (χ1) is 13.4. The number of non-ortho nitro benzene ring substituents is 1. The van der Waals surface area contributed by atoms with E-state index in [4.69, 9.17) is 0 Å². The molecule has 3 aromatic carbocycles. The molecule has 0 aromatic heterocycles. The van der Waals surface area contributed by atoms with Gasteiger partial charge in [0.25, 0.3) is 5.69 Å². The Labute approximate surface area is 164 Å². The molecule has 3 rings (SSSR count). The molecule has 0 radical (unpaired) electrons. The molecule has 0 heterocycles. The van der Waals surface area contributed by atoms with Crippen LogP contribution < -0.4 is 5.32 Å². The second kappa shape index (κ2) is 8.40. The topological polar surface area (TPSA) is 119 Å². The molecule has 0 aliphatic heterocycles. The Balaban J connectivity index is 1.75. The van der Waals surface area contributed by atoms with Crippen molar-refractivity contribution in [2.75, 3.05) is 5.32 Å². The van der Waals surface area contributed by atoms with Gasteiger partial charge in [0.2, 0.25) is 0 Å². The SMILES string of the molecule is O=[N+]([O-])c1ccc(Sc2ccccc2CNc2ccc(O)c([N+](=O)[O-])c2)cc1. The normalized spacial score (nSPS) is 10.4. The Morgan fingerprint density at radius 1 is 0.929 bits per heavy atom. The first-order valence-electron chi connectivity index (χ1n) is 8.15. The molecule has 0 saturated heterocycles. The second-order valence-electron chi connectivity index (χ2n) is 5.77. The maximum atomic E-state index is 10.9. The molecule has 0 bridgehead atoms. The minimum atomic E-state index is -0.640. The molecule has 142 valence electrons. The van der Waals surface area contributed by atoms with Crippen LogP contribution in [-0.4, -0.2) is 15.0 Å². The highest BCUT2D eigenvalue weighted by molar-refractivity contribution is 7.99. The molecule has 9 heteroatoms. The van der Waals surface area contributed by atoms with Crippen molar-refractivity contribution in [3.63, 3.8) is 0 Å². The van der Waals surface area contributed by atoms with E-state index in [0.29, 0.717) is 12.2 Å². The van der Waals surface area contributed by atoms with Gasteiger partial charge < -0.3 is 10.4 Å². The van der Waals surface area contributed by atoms with E-state index in [9.17, 15) is 25.3 Å². The van der Waals surface area contributed by atoms with Crippen molar-refractivity contribution in [2.24, 2.45) is 0 Å².